The molecule has 3 aromatic rings. The maximum absolute atomic E-state index is 12.5. The van der Waals surface area contributed by atoms with E-state index in [2.05, 4.69) is 26.0 Å². The van der Waals surface area contributed by atoms with Gasteiger partial charge in [0.15, 0.2) is 18.1 Å². The van der Waals surface area contributed by atoms with Crippen LogP contribution in [0.3, 0.4) is 0 Å². The van der Waals surface area contributed by atoms with Gasteiger partial charge < -0.3 is 19.5 Å². The van der Waals surface area contributed by atoms with Crippen molar-refractivity contribution in [2.75, 3.05) is 18.1 Å². The van der Waals surface area contributed by atoms with Gasteiger partial charge in [0.2, 0.25) is 6.79 Å². The molecule has 0 spiro atoms. The number of nitrogens with one attached hydrogen (secondary N) is 2. The van der Waals surface area contributed by atoms with Crippen LogP contribution >= 0.6 is 15.9 Å². The molecule has 0 radical (unpaired) electrons. The lowest BCUT2D eigenvalue weighted by Gasteiger charge is -2.10. The second-order valence-corrected chi connectivity index (χ2v) is 9.43. The summed E-state index contributed by atoms with van der Waals surface area (Å²) in [6, 6.07) is 18.1. The van der Waals surface area contributed by atoms with Gasteiger partial charge in [-0.1, -0.05) is 22.0 Å². The highest BCUT2D eigenvalue weighted by Crippen LogP contribution is 2.32. The molecule has 3 aromatic carbocycles. The predicted molar refractivity (Wildman–Crippen MR) is 121 cm³/mol. The summed E-state index contributed by atoms with van der Waals surface area (Å²) in [5.41, 5.74) is 1.32. The molecule has 32 heavy (non-hydrogen) atoms. The van der Waals surface area contributed by atoms with E-state index in [9.17, 15) is 13.2 Å². The summed E-state index contributed by atoms with van der Waals surface area (Å²) >= 11 is 3.31. The summed E-state index contributed by atoms with van der Waals surface area (Å²) in [7, 11) is -3.74. The monoisotopic (exact) mass is 518 g/mol. The lowest BCUT2D eigenvalue weighted by molar-refractivity contribution is -0.123. The topological polar surface area (TPSA) is 103 Å². The normalized spacial score (nSPS) is 12.3. The van der Waals surface area contributed by atoms with Gasteiger partial charge >= 0.3 is 0 Å². The molecule has 0 unspecified atom stereocenters. The molecule has 1 aliphatic heterocycles. The van der Waals surface area contributed by atoms with Gasteiger partial charge in [-0.15, -0.1) is 0 Å². The molecular formula is C22H19BrN2O6S. The van der Waals surface area contributed by atoms with Gasteiger partial charge in [0.25, 0.3) is 15.9 Å². The van der Waals surface area contributed by atoms with Gasteiger partial charge in [-0.2, -0.15) is 0 Å². The van der Waals surface area contributed by atoms with Crippen LogP contribution in [0.4, 0.5) is 5.69 Å². The van der Waals surface area contributed by atoms with Crippen LogP contribution in [0.15, 0.2) is 76.1 Å². The Kier molecular flexibility index (Phi) is 6.52. The van der Waals surface area contributed by atoms with E-state index in [4.69, 9.17) is 14.2 Å². The summed E-state index contributed by atoms with van der Waals surface area (Å²) in [6.07, 6.45) is 0. The predicted octanol–water partition coefficient (Wildman–Crippen LogP) is 3.67. The van der Waals surface area contributed by atoms with Crippen LogP contribution in [0.25, 0.3) is 0 Å². The SMILES string of the molecule is O=C(COc1ccc(S(=O)(=O)Nc2ccc(Br)cc2)cc1)NCc1ccc2c(c1)OCO2. The first-order chi connectivity index (χ1) is 15.4. The van der Waals surface area contributed by atoms with E-state index in [0.29, 0.717) is 29.5 Å². The van der Waals surface area contributed by atoms with E-state index in [1.807, 2.05) is 12.1 Å². The zero-order chi connectivity index (χ0) is 22.6. The lowest BCUT2D eigenvalue weighted by atomic mass is 10.2. The molecule has 0 aromatic heterocycles. The van der Waals surface area contributed by atoms with Crippen molar-refractivity contribution in [2.24, 2.45) is 0 Å². The molecule has 4 rings (SSSR count). The maximum Gasteiger partial charge on any atom is 0.261 e. The van der Waals surface area contributed by atoms with Crippen LogP contribution in [0.1, 0.15) is 5.56 Å². The number of hydrogen-bond donors (Lipinski definition) is 2. The second kappa shape index (κ2) is 9.49. The molecule has 1 amide bonds. The molecule has 166 valence electrons. The van der Waals surface area contributed by atoms with Crippen molar-refractivity contribution in [1.29, 1.82) is 0 Å². The highest BCUT2D eigenvalue weighted by Gasteiger charge is 2.15. The number of anilines is 1. The third kappa shape index (κ3) is 5.51. The molecule has 1 heterocycles. The quantitative estimate of drug-likeness (QED) is 0.471. The van der Waals surface area contributed by atoms with E-state index in [0.717, 1.165) is 10.0 Å². The molecular weight excluding hydrogens is 500 g/mol. The Bertz CT molecular complexity index is 1210. The Labute approximate surface area is 193 Å². The Morgan fingerprint density at radius 2 is 1.69 bits per heavy atom. The van der Waals surface area contributed by atoms with Gasteiger partial charge in [-0.25, -0.2) is 8.42 Å². The number of hydrogen-bond acceptors (Lipinski definition) is 6. The molecule has 0 fully saturated rings. The Morgan fingerprint density at radius 1 is 0.969 bits per heavy atom. The maximum atomic E-state index is 12.5. The van der Waals surface area contributed by atoms with E-state index in [1.165, 1.54) is 24.3 Å². The summed E-state index contributed by atoms with van der Waals surface area (Å²) in [5, 5.41) is 2.76. The molecule has 0 bridgehead atoms. The molecule has 8 nitrogen and oxygen atoms in total. The fourth-order valence-electron chi connectivity index (χ4n) is 2.90. The van der Waals surface area contributed by atoms with Gasteiger partial charge in [-0.3, -0.25) is 9.52 Å². The second-order valence-electron chi connectivity index (χ2n) is 6.84. The van der Waals surface area contributed by atoms with Gasteiger partial charge in [-0.05, 0) is 66.2 Å². The minimum absolute atomic E-state index is 0.0834. The molecule has 10 heteroatoms. The average molecular weight is 519 g/mol. The van der Waals surface area contributed by atoms with Crippen molar-refractivity contribution >= 4 is 37.5 Å². The van der Waals surface area contributed by atoms with Crippen molar-refractivity contribution < 1.29 is 27.4 Å². The zero-order valence-electron chi connectivity index (χ0n) is 16.7. The van der Waals surface area contributed by atoms with E-state index in [1.54, 1.807) is 30.3 Å². The number of carbonyl (C=O) groups excluding carboxylic acids is 1. The first-order valence-electron chi connectivity index (χ1n) is 9.55. The summed E-state index contributed by atoms with van der Waals surface area (Å²) in [4.78, 5) is 12.2. The number of ether oxygens (including phenoxy) is 3. The summed E-state index contributed by atoms with van der Waals surface area (Å²) < 4.78 is 44.4. The highest BCUT2D eigenvalue weighted by molar-refractivity contribution is 9.10. The standard InChI is InChI=1S/C22H19BrN2O6S/c23-16-2-4-17(5-3-16)25-32(27,28)19-8-6-18(7-9-19)29-13-22(26)24-12-15-1-10-20-21(11-15)31-14-30-20/h1-11,25H,12-14H2,(H,24,26). The van der Waals surface area contributed by atoms with Gasteiger partial charge in [0, 0.05) is 16.7 Å². The van der Waals surface area contributed by atoms with Crippen molar-refractivity contribution in [3.63, 3.8) is 0 Å². The van der Waals surface area contributed by atoms with Crippen LogP contribution in [0.5, 0.6) is 17.2 Å². The Hall–Kier alpha value is -3.24. The van der Waals surface area contributed by atoms with E-state index >= 15 is 0 Å². The van der Waals surface area contributed by atoms with Crippen molar-refractivity contribution in [3.05, 3.63) is 76.8 Å². The first-order valence-corrected chi connectivity index (χ1v) is 11.8. The summed E-state index contributed by atoms with van der Waals surface area (Å²) in [5.74, 6) is 1.40. The lowest BCUT2D eigenvalue weighted by Crippen LogP contribution is -2.28. The minimum atomic E-state index is -3.74. The molecule has 0 atom stereocenters. The zero-order valence-corrected chi connectivity index (χ0v) is 19.1. The molecule has 2 N–H and O–H groups in total. The van der Waals surface area contributed by atoms with Gasteiger partial charge in [0.1, 0.15) is 5.75 Å². The Morgan fingerprint density at radius 3 is 2.44 bits per heavy atom. The fraction of sp³-hybridized carbons (Fsp3) is 0.136. The molecule has 1 aliphatic rings. The fourth-order valence-corrected chi connectivity index (χ4v) is 4.22. The number of rotatable bonds is 8. The number of halogens is 1. The van der Waals surface area contributed by atoms with Crippen LogP contribution in [0.2, 0.25) is 0 Å². The largest absolute Gasteiger partial charge is 0.484 e. The average Bonchev–Trinajstić information content (AvgIpc) is 3.26. The minimum Gasteiger partial charge on any atom is -0.484 e. The van der Waals surface area contributed by atoms with Crippen molar-refractivity contribution in [3.8, 4) is 17.2 Å². The summed E-state index contributed by atoms with van der Waals surface area (Å²) in [6.45, 7) is 0.310. The number of benzene rings is 3. The molecule has 0 aliphatic carbocycles. The molecule has 0 saturated carbocycles. The number of fused-ring (bicyclic) bond motifs is 1. The van der Waals surface area contributed by atoms with Crippen molar-refractivity contribution in [1.82, 2.24) is 5.32 Å². The third-order valence-corrected chi connectivity index (χ3v) is 6.45. The van der Waals surface area contributed by atoms with Crippen LogP contribution in [0, 0.1) is 0 Å². The molecule has 0 saturated heterocycles. The van der Waals surface area contributed by atoms with E-state index in [-0.39, 0.29) is 24.2 Å². The smallest absolute Gasteiger partial charge is 0.261 e. The first kappa shape index (κ1) is 22.0. The number of carbonyl (C=O) groups is 1. The number of amides is 1. The van der Waals surface area contributed by atoms with E-state index < -0.39 is 10.0 Å². The number of sulfonamides is 1. The van der Waals surface area contributed by atoms with Crippen LogP contribution < -0.4 is 24.2 Å². The van der Waals surface area contributed by atoms with Crippen molar-refractivity contribution in [2.45, 2.75) is 11.4 Å². The Balaban J connectivity index is 1.27. The van der Waals surface area contributed by atoms with Gasteiger partial charge in [0.05, 0.1) is 4.90 Å². The van der Waals surface area contributed by atoms with Crippen LogP contribution in [-0.2, 0) is 21.4 Å². The van der Waals surface area contributed by atoms with Crippen LogP contribution in [-0.4, -0.2) is 27.7 Å². The highest BCUT2D eigenvalue weighted by atomic mass is 79.9. The third-order valence-electron chi connectivity index (χ3n) is 4.53.